The summed E-state index contributed by atoms with van der Waals surface area (Å²) in [5.74, 6) is 0.707. The predicted octanol–water partition coefficient (Wildman–Crippen LogP) is 7.27. The van der Waals surface area contributed by atoms with Crippen molar-refractivity contribution in [3.05, 3.63) is 21.3 Å². The Morgan fingerprint density at radius 3 is 2.24 bits per heavy atom. The van der Waals surface area contributed by atoms with Gasteiger partial charge in [0.1, 0.15) is 6.29 Å². The van der Waals surface area contributed by atoms with Gasteiger partial charge in [-0.15, -0.1) is 0 Å². The van der Waals surface area contributed by atoms with E-state index in [1.807, 2.05) is 6.08 Å². The maximum atomic E-state index is 14.2. The molecular formula is C30H41IO3. The third-order valence-electron chi connectivity index (χ3n) is 12.0. The van der Waals surface area contributed by atoms with Gasteiger partial charge in [0.2, 0.25) is 0 Å². The standard InChI is InChI=1S/C30H41IO3/c1-25(2)10-12-30(17-32)13-11-29(7)23(18(30)15-25)20(33)14-22-27(5)16-19(31)24(34)26(3,4)21(27)8-9-28(22,29)6/h14,16-18,21,23H,8-13,15H2,1-7H3/t18?,21-,23?,27-,28+,29+,30+/m0/s1. The Labute approximate surface area is 219 Å². The van der Waals surface area contributed by atoms with Crippen LogP contribution in [0.25, 0.3) is 0 Å². The Morgan fingerprint density at radius 1 is 0.941 bits per heavy atom. The molecule has 3 saturated carbocycles. The first-order valence-electron chi connectivity index (χ1n) is 13.2. The Kier molecular flexibility index (Phi) is 5.24. The fraction of sp³-hybridized carbons (Fsp3) is 0.767. The third-order valence-corrected chi connectivity index (χ3v) is 12.8. The Balaban J connectivity index is 1.69. The zero-order valence-electron chi connectivity index (χ0n) is 22.0. The first-order valence-corrected chi connectivity index (χ1v) is 14.3. The fourth-order valence-electron chi connectivity index (χ4n) is 9.72. The molecule has 186 valence electrons. The van der Waals surface area contributed by atoms with Gasteiger partial charge in [0.15, 0.2) is 11.6 Å². The highest BCUT2D eigenvalue weighted by atomic mass is 127. The number of Topliss-reactive ketones (excluding diaryl/α,β-unsaturated/α-hetero) is 1. The number of fused-ring (bicyclic) bond motifs is 7. The molecule has 2 unspecified atom stereocenters. The van der Waals surface area contributed by atoms with Gasteiger partial charge in [0, 0.05) is 22.2 Å². The second kappa shape index (κ2) is 7.16. The van der Waals surface area contributed by atoms with Gasteiger partial charge < -0.3 is 4.79 Å². The lowest BCUT2D eigenvalue weighted by Crippen LogP contribution is -2.65. The lowest BCUT2D eigenvalue weighted by Gasteiger charge is -2.68. The molecule has 34 heavy (non-hydrogen) atoms. The quantitative estimate of drug-likeness (QED) is 0.244. The van der Waals surface area contributed by atoms with E-state index in [2.05, 4.69) is 77.1 Å². The van der Waals surface area contributed by atoms with Crippen molar-refractivity contribution in [1.29, 1.82) is 0 Å². The smallest absolute Gasteiger partial charge is 0.174 e. The van der Waals surface area contributed by atoms with Gasteiger partial charge in [0.25, 0.3) is 0 Å². The Bertz CT molecular complexity index is 1050. The Morgan fingerprint density at radius 2 is 1.59 bits per heavy atom. The van der Waals surface area contributed by atoms with Crippen LogP contribution in [0.5, 0.6) is 0 Å². The van der Waals surface area contributed by atoms with Crippen LogP contribution in [0.1, 0.15) is 93.4 Å². The largest absolute Gasteiger partial charge is 0.303 e. The molecule has 0 bridgehead atoms. The van der Waals surface area contributed by atoms with Gasteiger partial charge in [-0.05, 0) is 102 Å². The molecule has 0 spiro atoms. The SMILES string of the molecule is CC1(C)CC[C@]2(C=O)CC[C@]3(C)C(C(=O)C=C4[C@@]5(C)C=C(I)C(=O)C(C)(C)[C@@H]5CC[C@]43C)C2C1. The second-order valence-electron chi connectivity index (χ2n) is 14.4. The number of rotatable bonds is 1. The van der Waals surface area contributed by atoms with Crippen molar-refractivity contribution in [1.82, 2.24) is 0 Å². The summed E-state index contributed by atoms with van der Waals surface area (Å²) in [6, 6.07) is 0. The van der Waals surface area contributed by atoms with Gasteiger partial charge in [-0.2, -0.15) is 0 Å². The van der Waals surface area contributed by atoms with E-state index in [1.165, 1.54) is 11.9 Å². The van der Waals surface area contributed by atoms with Crippen LogP contribution in [0.4, 0.5) is 0 Å². The summed E-state index contributed by atoms with van der Waals surface area (Å²) < 4.78 is 0.809. The molecule has 0 N–H and O–H groups in total. The number of carbonyl (C=O) groups excluding carboxylic acids is 3. The zero-order valence-corrected chi connectivity index (χ0v) is 24.2. The van der Waals surface area contributed by atoms with E-state index in [0.29, 0.717) is 0 Å². The van der Waals surface area contributed by atoms with E-state index in [9.17, 15) is 14.4 Å². The van der Waals surface area contributed by atoms with Crippen LogP contribution in [0.3, 0.4) is 0 Å². The van der Waals surface area contributed by atoms with Crippen LogP contribution in [0.15, 0.2) is 21.3 Å². The summed E-state index contributed by atoms with van der Waals surface area (Å²) in [6.07, 6.45) is 12.2. The lowest BCUT2D eigenvalue weighted by atomic mass is 9.34. The molecule has 7 atom stereocenters. The van der Waals surface area contributed by atoms with Crippen molar-refractivity contribution in [3.8, 4) is 0 Å². The summed E-state index contributed by atoms with van der Waals surface area (Å²) in [5.41, 5.74) is 0.0624. The topological polar surface area (TPSA) is 51.2 Å². The second-order valence-corrected chi connectivity index (χ2v) is 15.6. The van der Waals surface area contributed by atoms with Crippen LogP contribution in [0, 0.1) is 50.2 Å². The van der Waals surface area contributed by atoms with Crippen molar-refractivity contribution in [2.45, 2.75) is 93.4 Å². The predicted molar refractivity (Wildman–Crippen MR) is 143 cm³/mol. The minimum atomic E-state index is -0.435. The van der Waals surface area contributed by atoms with E-state index in [4.69, 9.17) is 0 Å². The highest BCUT2D eigenvalue weighted by molar-refractivity contribution is 14.1. The van der Waals surface area contributed by atoms with Crippen molar-refractivity contribution in [3.63, 3.8) is 0 Å². The van der Waals surface area contributed by atoms with E-state index in [0.717, 1.165) is 48.5 Å². The summed E-state index contributed by atoms with van der Waals surface area (Å²) in [4.78, 5) is 39.9. The molecule has 0 radical (unpaired) electrons. The van der Waals surface area contributed by atoms with Gasteiger partial charge in [-0.25, -0.2) is 0 Å². The maximum Gasteiger partial charge on any atom is 0.174 e. The molecule has 0 amide bonds. The van der Waals surface area contributed by atoms with Crippen LogP contribution >= 0.6 is 22.6 Å². The molecule has 5 rings (SSSR count). The van der Waals surface area contributed by atoms with Crippen molar-refractivity contribution in [2.24, 2.45) is 50.2 Å². The monoisotopic (exact) mass is 576 g/mol. The summed E-state index contributed by atoms with van der Waals surface area (Å²) in [7, 11) is 0. The highest BCUT2D eigenvalue weighted by Crippen LogP contribution is 2.74. The van der Waals surface area contributed by atoms with Gasteiger partial charge in [-0.3, -0.25) is 9.59 Å². The molecule has 0 aromatic heterocycles. The first-order chi connectivity index (χ1) is 15.6. The summed E-state index contributed by atoms with van der Waals surface area (Å²) in [6.45, 7) is 15.9. The molecule has 0 aromatic rings. The van der Waals surface area contributed by atoms with Crippen LogP contribution in [-0.2, 0) is 14.4 Å². The maximum absolute atomic E-state index is 14.2. The van der Waals surface area contributed by atoms with E-state index in [-0.39, 0.29) is 56.4 Å². The average molecular weight is 577 g/mol. The normalized spacial score (nSPS) is 49.0. The number of hydrogen-bond acceptors (Lipinski definition) is 3. The number of halogens is 1. The molecule has 5 aliphatic carbocycles. The minimum Gasteiger partial charge on any atom is -0.303 e. The molecule has 3 fully saturated rings. The number of ketones is 2. The third kappa shape index (κ3) is 2.90. The fourth-order valence-corrected chi connectivity index (χ4v) is 11.1. The summed E-state index contributed by atoms with van der Waals surface area (Å²) >= 11 is 2.22. The molecule has 5 aliphatic rings. The van der Waals surface area contributed by atoms with Crippen molar-refractivity contribution < 1.29 is 14.4 Å². The van der Waals surface area contributed by atoms with Gasteiger partial charge in [0.05, 0.1) is 3.58 Å². The lowest BCUT2D eigenvalue weighted by molar-refractivity contribution is -0.171. The molecule has 0 heterocycles. The van der Waals surface area contributed by atoms with E-state index < -0.39 is 5.41 Å². The molecule has 3 nitrogen and oxygen atoms in total. The summed E-state index contributed by atoms with van der Waals surface area (Å²) in [5, 5.41) is 0. The van der Waals surface area contributed by atoms with Crippen LogP contribution < -0.4 is 0 Å². The Hall–Kier alpha value is -0.780. The zero-order chi connectivity index (χ0) is 25.1. The average Bonchev–Trinajstić information content (AvgIpc) is 2.73. The van der Waals surface area contributed by atoms with Crippen molar-refractivity contribution in [2.75, 3.05) is 0 Å². The molecule has 0 aromatic carbocycles. The van der Waals surface area contributed by atoms with E-state index >= 15 is 0 Å². The van der Waals surface area contributed by atoms with Gasteiger partial charge >= 0.3 is 0 Å². The van der Waals surface area contributed by atoms with Crippen molar-refractivity contribution >= 4 is 40.4 Å². The van der Waals surface area contributed by atoms with Crippen LogP contribution in [-0.4, -0.2) is 17.9 Å². The number of hydrogen-bond donors (Lipinski definition) is 0. The minimum absolute atomic E-state index is 0.0961. The number of carbonyl (C=O) groups is 3. The highest BCUT2D eigenvalue weighted by Gasteiger charge is 2.69. The van der Waals surface area contributed by atoms with E-state index in [1.54, 1.807) is 0 Å². The van der Waals surface area contributed by atoms with Crippen LogP contribution in [0.2, 0.25) is 0 Å². The molecule has 0 saturated heterocycles. The first kappa shape index (κ1) is 24.9. The van der Waals surface area contributed by atoms with Gasteiger partial charge in [-0.1, -0.05) is 60.1 Å². The number of aldehydes is 1. The molecule has 0 aliphatic heterocycles. The number of allylic oxidation sites excluding steroid dienone is 4. The molecular weight excluding hydrogens is 535 g/mol. The molecule has 4 heteroatoms.